The normalized spacial score (nSPS) is 24.4. The molecule has 0 spiro atoms. The number of nitrogens with zero attached hydrogens (tertiary/aromatic N) is 1. The van der Waals surface area contributed by atoms with E-state index in [0.717, 1.165) is 0 Å². The van der Waals surface area contributed by atoms with Gasteiger partial charge in [-0.1, -0.05) is 0 Å². The van der Waals surface area contributed by atoms with Crippen molar-refractivity contribution in [3.05, 3.63) is 24.0 Å². The number of likely N-dealkylation sites (tertiary alicyclic amines) is 1. The highest BCUT2D eigenvalue weighted by Gasteiger charge is 2.31. The standard InChI is InChI=1S/C12H20N2/c1-12(2,3)14-8-6-10(9-14)11-5-4-7-13-11/h4-5,7,10,13H,6,8-9H2,1-3H3. The number of hydrogen-bond acceptors (Lipinski definition) is 1. The number of aromatic nitrogens is 1. The summed E-state index contributed by atoms with van der Waals surface area (Å²) in [4.78, 5) is 5.89. The molecule has 1 aliphatic heterocycles. The minimum absolute atomic E-state index is 0.321. The summed E-state index contributed by atoms with van der Waals surface area (Å²) in [5.74, 6) is 0.712. The van der Waals surface area contributed by atoms with Crippen molar-refractivity contribution >= 4 is 0 Å². The van der Waals surface area contributed by atoms with E-state index < -0.39 is 0 Å². The van der Waals surface area contributed by atoms with Gasteiger partial charge in [-0.2, -0.15) is 0 Å². The van der Waals surface area contributed by atoms with E-state index in [1.165, 1.54) is 25.2 Å². The molecule has 2 rings (SSSR count). The molecule has 0 aromatic carbocycles. The van der Waals surface area contributed by atoms with Gasteiger partial charge in [0.25, 0.3) is 0 Å². The van der Waals surface area contributed by atoms with Crippen molar-refractivity contribution in [2.45, 2.75) is 38.6 Å². The maximum absolute atomic E-state index is 3.32. The SMILES string of the molecule is CC(C)(C)N1CCC(c2ccc[nH]2)C1. The second kappa shape index (κ2) is 3.43. The lowest BCUT2D eigenvalue weighted by molar-refractivity contribution is 0.172. The van der Waals surface area contributed by atoms with E-state index in [0.29, 0.717) is 11.5 Å². The lowest BCUT2D eigenvalue weighted by Gasteiger charge is -2.31. The zero-order valence-corrected chi connectivity index (χ0v) is 9.38. The van der Waals surface area contributed by atoms with Crippen LogP contribution in [0.1, 0.15) is 38.8 Å². The van der Waals surface area contributed by atoms with Crippen LogP contribution in [0.2, 0.25) is 0 Å². The fourth-order valence-electron chi connectivity index (χ4n) is 2.22. The zero-order valence-electron chi connectivity index (χ0n) is 9.38. The van der Waals surface area contributed by atoms with Crippen molar-refractivity contribution in [3.8, 4) is 0 Å². The lowest BCUT2D eigenvalue weighted by Crippen LogP contribution is -2.39. The van der Waals surface area contributed by atoms with Crippen LogP contribution < -0.4 is 0 Å². The average molecular weight is 192 g/mol. The number of nitrogens with one attached hydrogen (secondary N) is 1. The molecule has 1 aromatic heterocycles. The summed E-state index contributed by atoms with van der Waals surface area (Å²) in [6.45, 7) is 9.31. The predicted octanol–water partition coefficient (Wildman–Crippen LogP) is 2.60. The molecule has 0 bridgehead atoms. The third kappa shape index (κ3) is 1.85. The Hall–Kier alpha value is -0.760. The second-order valence-electron chi connectivity index (χ2n) is 5.23. The number of aromatic amines is 1. The highest BCUT2D eigenvalue weighted by atomic mass is 15.2. The highest BCUT2D eigenvalue weighted by Crippen LogP contribution is 2.30. The summed E-state index contributed by atoms with van der Waals surface area (Å²) in [5, 5.41) is 0. The molecule has 1 saturated heterocycles. The molecule has 0 radical (unpaired) electrons. The van der Waals surface area contributed by atoms with Gasteiger partial charge in [-0.15, -0.1) is 0 Å². The zero-order chi connectivity index (χ0) is 10.2. The average Bonchev–Trinajstić information content (AvgIpc) is 2.73. The molecule has 0 saturated carbocycles. The van der Waals surface area contributed by atoms with Gasteiger partial charge in [-0.25, -0.2) is 0 Å². The molecule has 1 atom stereocenters. The first-order valence-corrected chi connectivity index (χ1v) is 5.46. The molecule has 1 N–H and O–H groups in total. The van der Waals surface area contributed by atoms with Gasteiger partial charge < -0.3 is 4.98 Å². The molecule has 0 amide bonds. The Kier molecular flexibility index (Phi) is 2.40. The lowest BCUT2D eigenvalue weighted by atomic mass is 10.0. The summed E-state index contributed by atoms with van der Waals surface area (Å²) in [6.07, 6.45) is 3.31. The largest absolute Gasteiger partial charge is 0.365 e. The molecule has 14 heavy (non-hydrogen) atoms. The van der Waals surface area contributed by atoms with Crippen LogP contribution in [0.3, 0.4) is 0 Å². The Morgan fingerprint density at radius 1 is 1.43 bits per heavy atom. The first-order chi connectivity index (χ1) is 6.57. The molecule has 1 fully saturated rings. The minimum atomic E-state index is 0.321. The molecular formula is C12H20N2. The molecule has 0 aliphatic carbocycles. The molecule has 2 nitrogen and oxygen atoms in total. The van der Waals surface area contributed by atoms with Crippen LogP contribution in [-0.4, -0.2) is 28.5 Å². The van der Waals surface area contributed by atoms with Gasteiger partial charge in [0.05, 0.1) is 0 Å². The fraction of sp³-hybridized carbons (Fsp3) is 0.667. The Morgan fingerprint density at radius 2 is 2.21 bits per heavy atom. The van der Waals surface area contributed by atoms with E-state index in [2.05, 4.69) is 42.8 Å². The van der Waals surface area contributed by atoms with Crippen LogP contribution in [0.5, 0.6) is 0 Å². The first kappa shape index (κ1) is 9.78. The summed E-state index contributed by atoms with van der Waals surface area (Å²) >= 11 is 0. The van der Waals surface area contributed by atoms with Crippen molar-refractivity contribution < 1.29 is 0 Å². The van der Waals surface area contributed by atoms with Crippen LogP contribution >= 0.6 is 0 Å². The first-order valence-electron chi connectivity index (χ1n) is 5.46. The van der Waals surface area contributed by atoms with Gasteiger partial charge in [0.1, 0.15) is 0 Å². The van der Waals surface area contributed by atoms with E-state index >= 15 is 0 Å². The fourth-order valence-corrected chi connectivity index (χ4v) is 2.22. The molecule has 78 valence electrons. The van der Waals surface area contributed by atoms with Crippen molar-refractivity contribution in [1.82, 2.24) is 9.88 Å². The summed E-state index contributed by atoms with van der Waals surface area (Å²) in [6, 6.07) is 4.30. The van der Waals surface area contributed by atoms with Gasteiger partial charge >= 0.3 is 0 Å². The van der Waals surface area contributed by atoms with Crippen molar-refractivity contribution in [2.24, 2.45) is 0 Å². The van der Waals surface area contributed by atoms with Gasteiger partial charge in [-0.3, -0.25) is 4.90 Å². The highest BCUT2D eigenvalue weighted by molar-refractivity contribution is 5.12. The molecular weight excluding hydrogens is 172 g/mol. The van der Waals surface area contributed by atoms with Crippen molar-refractivity contribution in [1.29, 1.82) is 0 Å². The summed E-state index contributed by atoms with van der Waals surface area (Å²) < 4.78 is 0. The Balaban J connectivity index is 2.02. The van der Waals surface area contributed by atoms with E-state index in [1.54, 1.807) is 0 Å². The molecule has 2 heteroatoms. The van der Waals surface area contributed by atoms with Gasteiger partial charge in [0, 0.05) is 29.9 Å². The van der Waals surface area contributed by atoms with E-state index in [-0.39, 0.29) is 0 Å². The second-order valence-corrected chi connectivity index (χ2v) is 5.23. The Labute approximate surface area is 86.3 Å². The third-order valence-electron chi connectivity index (χ3n) is 3.20. The predicted molar refractivity (Wildman–Crippen MR) is 59.5 cm³/mol. The van der Waals surface area contributed by atoms with E-state index in [4.69, 9.17) is 0 Å². The van der Waals surface area contributed by atoms with Crippen LogP contribution in [0.4, 0.5) is 0 Å². The summed E-state index contributed by atoms with van der Waals surface area (Å²) in [7, 11) is 0. The molecule has 1 aliphatic rings. The Bertz CT molecular complexity index is 282. The van der Waals surface area contributed by atoms with E-state index in [1.807, 2.05) is 6.20 Å². The number of rotatable bonds is 1. The molecule has 1 aromatic rings. The van der Waals surface area contributed by atoms with Crippen molar-refractivity contribution in [2.75, 3.05) is 13.1 Å². The number of H-pyrrole nitrogens is 1. The maximum atomic E-state index is 3.32. The van der Waals surface area contributed by atoms with Crippen molar-refractivity contribution in [3.63, 3.8) is 0 Å². The maximum Gasteiger partial charge on any atom is 0.0192 e. The quantitative estimate of drug-likeness (QED) is 0.724. The number of hydrogen-bond donors (Lipinski definition) is 1. The van der Waals surface area contributed by atoms with Crippen LogP contribution in [0, 0.1) is 0 Å². The topological polar surface area (TPSA) is 19.0 Å². The van der Waals surface area contributed by atoms with Gasteiger partial charge in [0.2, 0.25) is 0 Å². The van der Waals surface area contributed by atoms with Crippen LogP contribution in [0.25, 0.3) is 0 Å². The summed E-state index contributed by atoms with van der Waals surface area (Å²) in [5.41, 5.74) is 1.72. The van der Waals surface area contributed by atoms with Gasteiger partial charge in [0.15, 0.2) is 0 Å². The van der Waals surface area contributed by atoms with Crippen LogP contribution in [-0.2, 0) is 0 Å². The minimum Gasteiger partial charge on any atom is -0.365 e. The van der Waals surface area contributed by atoms with Crippen LogP contribution in [0.15, 0.2) is 18.3 Å². The Morgan fingerprint density at radius 3 is 2.71 bits per heavy atom. The van der Waals surface area contributed by atoms with E-state index in [9.17, 15) is 0 Å². The molecule has 1 unspecified atom stereocenters. The smallest absolute Gasteiger partial charge is 0.0192 e. The molecule has 2 heterocycles. The van der Waals surface area contributed by atoms with Gasteiger partial charge in [-0.05, 0) is 45.9 Å². The monoisotopic (exact) mass is 192 g/mol. The third-order valence-corrected chi connectivity index (χ3v) is 3.20.